The van der Waals surface area contributed by atoms with Gasteiger partial charge >= 0.3 is 5.97 Å². The summed E-state index contributed by atoms with van der Waals surface area (Å²) in [5.74, 6) is 1.56. The minimum Gasteiger partial charge on any atom is -0.497 e. The number of hydrogen-bond acceptors (Lipinski definition) is 6. The summed E-state index contributed by atoms with van der Waals surface area (Å²) in [6.45, 7) is 6.72. The normalized spacial score (nSPS) is 11.4. The summed E-state index contributed by atoms with van der Waals surface area (Å²) < 4.78 is 27.9. The molecule has 0 saturated carbocycles. The molecule has 3 aromatic rings. The summed E-state index contributed by atoms with van der Waals surface area (Å²) in [6, 6.07) is 22.4. The molecule has 0 aliphatic carbocycles. The van der Waals surface area contributed by atoms with Crippen molar-refractivity contribution in [2.75, 3.05) is 27.4 Å². The van der Waals surface area contributed by atoms with Gasteiger partial charge in [0.15, 0.2) is 6.10 Å². The summed E-state index contributed by atoms with van der Waals surface area (Å²) in [5, 5.41) is 0. The average molecular weight is 477 g/mol. The van der Waals surface area contributed by atoms with Crippen LogP contribution in [0, 0.1) is 0 Å². The highest BCUT2D eigenvalue weighted by molar-refractivity contribution is 5.89. The summed E-state index contributed by atoms with van der Waals surface area (Å²) in [4.78, 5) is 12.6. The summed E-state index contributed by atoms with van der Waals surface area (Å²) in [7, 11) is 3.24. The lowest BCUT2D eigenvalue weighted by molar-refractivity contribution is -0.0146. The molecule has 3 aromatic carbocycles. The van der Waals surface area contributed by atoms with Gasteiger partial charge in [0.25, 0.3) is 0 Å². The molecule has 3 rings (SSSR count). The zero-order valence-corrected chi connectivity index (χ0v) is 20.5. The van der Waals surface area contributed by atoms with Crippen LogP contribution in [0.5, 0.6) is 11.5 Å². The molecule has 6 nitrogen and oxygen atoms in total. The van der Waals surface area contributed by atoms with Crippen LogP contribution in [0.1, 0.15) is 34.0 Å². The second kappa shape index (κ2) is 13.2. The number of aryl methyl sites for hydroxylation is 1. The van der Waals surface area contributed by atoms with Crippen LogP contribution < -0.4 is 9.47 Å². The second-order valence-corrected chi connectivity index (χ2v) is 7.90. The van der Waals surface area contributed by atoms with Crippen LogP contribution in [0.3, 0.4) is 0 Å². The maximum absolute atomic E-state index is 12.6. The van der Waals surface area contributed by atoms with E-state index in [-0.39, 0.29) is 13.2 Å². The highest BCUT2D eigenvalue weighted by atomic mass is 16.6. The third-order valence-electron chi connectivity index (χ3n) is 5.45. The van der Waals surface area contributed by atoms with E-state index in [1.807, 2.05) is 60.7 Å². The SMILES string of the molecule is C=C(OC(COCc1ccc(OC)cc1)COC(=O)c1ccc(CC)cc1)c1ccc(OC)cc1. The molecule has 0 aromatic heterocycles. The predicted octanol–water partition coefficient (Wildman–Crippen LogP) is 5.70. The van der Waals surface area contributed by atoms with Gasteiger partial charge in [-0.3, -0.25) is 0 Å². The van der Waals surface area contributed by atoms with Crippen LogP contribution in [0.2, 0.25) is 0 Å². The fourth-order valence-corrected chi connectivity index (χ4v) is 3.32. The van der Waals surface area contributed by atoms with Crippen molar-refractivity contribution in [1.29, 1.82) is 0 Å². The molecular formula is C29H32O6. The largest absolute Gasteiger partial charge is 0.497 e. The van der Waals surface area contributed by atoms with Gasteiger partial charge in [-0.15, -0.1) is 0 Å². The number of ether oxygens (including phenoxy) is 5. The van der Waals surface area contributed by atoms with E-state index in [4.69, 9.17) is 23.7 Å². The molecule has 1 atom stereocenters. The van der Waals surface area contributed by atoms with Crippen LogP contribution in [-0.4, -0.2) is 39.5 Å². The first-order valence-electron chi connectivity index (χ1n) is 11.5. The molecule has 0 aliphatic heterocycles. The molecule has 0 fully saturated rings. The van der Waals surface area contributed by atoms with Gasteiger partial charge in [0.1, 0.15) is 23.9 Å². The Hall–Kier alpha value is -3.77. The van der Waals surface area contributed by atoms with Crippen LogP contribution >= 0.6 is 0 Å². The van der Waals surface area contributed by atoms with Crippen molar-refractivity contribution in [2.45, 2.75) is 26.1 Å². The van der Waals surface area contributed by atoms with Gasteiger partial charge in [-0.2, -0.15) is 0 Å². The van der Waals surface area contributed by atoms with Crippen LogP contribution in [0.25, 0.3) is 5.76 Å². The van der Waals surface area contributed by atoms with Gasteiger partial charge in [-0.05, 0) is 66.1 Å². The monoisotopic (exact) mass is 476 g/mol. The second-order valence-electron chi connectivity index (χ2n) is 7.90. The molecule has 0 amide bonds. The number of methoxy groups -OCH3 is 2. The highest BCUT2D eigenvalue weighted by Crippen LogP contribution is 2.20. The van der Waals surface area contributed by atoms with Crippen LogP contribution in [0.4, 0.5) is 0 Å². The number of esters is 1. The topological polar surface area (TPSA) is 63.2 Å². The highest BCUT2D eigenvalue weighted by Gasteiger charge is 2.17. The standard InChI is InChI=1S/C29H32O6/c1-5-22-6-10-25(11-7-22)29(30)34-20-28(19-33-18-23-8-14-26(31-3)15-9-23)35-21(2)24-12-16-27(32-4)17-13-24/h6-17,28H,2,5,18-20H2,1,3-4H3. The third kappa shape index (κ3) is 7.90. The minimum absolute atomic E-state index is 0.0200. The minimum atomic E-state index is -0.540. The Balaban J connectivity index is 1.61. The fraction of sp³-hybridized carbons (Fsp3) is 0.276. The quantitative estimate of drug-likeness (QED) is 0.233. The number of carbonyl (C=O) groups excluding carboxylic acids is 1. The molecular weight excluding hydrogens is 444 g/mol. The lowest BCUT2D eigenvalue weighted by Gasteiger charge is -2.21. The number of benzene rings is 3. The fourth-order valence-electron chi connectivity index (χ4n) is 3.32. The molecule has 0 heterocycles. The molecule has 0 aliphatic rings. The van der Waals surface area contributed by atoms with Gasteiger partial charge in [-0.25, -0.2) is 4.79 Å². The van der Waals surface area contributed by atoms with E-state index in [0.717, 1.165) is 34.6 Å². The number of carbonyl (C=O) groups is 1. The Labute approximate surface area is 207 Å². The van der Waals surface area contributed by atoms with Gasteiger partial charge in [0.05, 0.1) is 33.0 Å². The predicted molar refractivity (Wildman–Crippen MR) is 136 cm³/mol. The molecule has 184 valence electrons. The maximum Gasteiger partial charge on any atom is 0.338 e. The smallest absolute Gasteiger partial charge is 0.338 e. The van der Waals surface area contributed by atoms with Gasteiger partial charge < -0.3 is 23.7 Å². The van der Waals surface area contributed by atoms with E-state index in [2.05, 4.69) is 13.5 Å². The average Bonchev–Trinajstić information content (AvgIpc) is 2.91. The van der Waals surface area contributed by atoms with Crippen molar-refractivity contribution < 1.29 is 28.5 Å². The van der Waals surface area contributed by atoms with E-state index in [1.54, 1.807) is 26.4 Å². The van der Waals surface area contributed by atoms with Gasteiger partial charge in [0.2, 0.25) is 0 Å². The van der Waals surface area contributed by atoms with Crippen molar-refractivity contribution in [2.24, 2.45) is 0 Å². The van der Waals surface area contributed by atoms with Gasteiger partial charge in [-0.1, -0.05) is 37.8 Å². The lowest BCUT2D eigenvalue weighted by atomic mass is 10.1. The van der Waals surface area contributed by atoms with Crippen molar-refractivity contribution in [1.82, 2.24) is 0 Å². The number of rotatable bonds is 13. The first-order valence-corrected chi connectivity index (χ1v) is 11.5. The molecule has 0 radical (unpaired) electrons. The summed E-state index contributed by atoms with van der Waals surface area (Å²) >= 11 is 0. The summed E-state index contributed by atoms with van der Waals surface area (Å²) in [6.07, 6.45) is 0.367. The zero-order valence-electron chi connectivity index (χ0n) is 20.5. The lowest BCUT2D eigenvalue weighted by Crippen LogP contribution is -2.27. The Morgan fingerprint density at radius 3 is 1.89 bits per heavy atom. The Morgan fingerprint density at radius 2 is 1.31 bits per heavy atom. The zero-order chi connectivity index (χ0) is 25.0. The Kier molecular flexibility index (Phi) is 9.75. The molecule has 0 saturated heterocycles. The molecule has 0 bridgehead atoms. The molecule has 6 heteroatoms. The van der Waals surface area contributed by atoms with Crippen molar-refractivity contribution in [3.05, 3.63) is 102 Å². The summed E-state index contributed by atoms with van der Waals surface area (Å²) in [5.41, 5.74) is 3.44. The van der Waals surface area contributed by atoms with Crippen LogP contribution in [-0.2, 0) is 27.2 Å². The van der Waals surface area contributed by atoms with Crippen molar-refractivity contribution in [3.8, 4) is 11.5 Å². The number of hydrogen-bond donors (Lipinski definition) is 0. The van der Waals surface area contributed by atoms with Gasteiger partial charge in [0, 0.05) is 5.56 Å². The first kappa shape index (κ1) is 25.8. The Bertz CT molecular complexity index is 1070. The molecule has 0 N–H and O–H groups in total. The Morgan fingerprint density at radius 1 is 0.771 bits per heavy atom. The molecule has 1 unspecified atom stereocenters. The van der Waals surface area contributed by atoms with Crippen molar-refractivity contribution >= 4 is 11.7 Å². The maximum atomic E-state index is 12.6. The van der Waals surface area contributed by atoms with E-state index in [1.165, 1.54) is 0 Å². The van der Waals surface area contributed by atoms with E-state index in [0.29, 0.717) is 17.9 Å². The molecule has 0 spiro atoms. The molecule has 35 heavy (non-hydrogen) atoms. The van der Waals surface area contributed by atoms with Crippen molar-refractivity contribution in [3.63, 3.8) is 0 Å². The first-order chi connectivity index (χ1) is 17.0. The van der Waals surface area contributed by atoms with E-state index < -0.39 is 12.1 Å². The van der Waals surface area contributed by atoms with Crippen LogP contribution in [0.15, 0.2) is 79.4 Å². The van der Waals surface area contributed by atoms with E-state index >= 15 is 0 Å². The third-order valence-corrected chi connectivity index (χ3v) is 5.45. The van der Waals surface area contributed by atoms with E-state index in [9.17, 15) is 4.79 Å².